The number of furan rings is 2. The maximum atomic E-state index is 7.93. The Hall–Kier alpha value is -11.7. The van der Waals surface area contributed by atoms with Crippen molar-refractivity contribution in [1.82, 2.24) is 0 Å². The lowest BCUT2D eigenvalue weighted by Gasteiger charge is -2.30. The minimum absolute atomic E-state index is 0.0221. The lowest BCUT2D eigenvalue weighted by molar-refractivity contribution is 0.589. The topological polar surface area (TPSA) is 32.8 Å². The van der Waals surface area contributed by atoms with E-state index in [4.69, 9.17) is 8.83 Å². The van der Waals surface area contributed by atoms with Crippen LogP contribution in [-0.2, 0) is 37.9 Å². The van der Waals surface area contributed by atoms with E-state index in [0.29, 0.717) is 0 Å². The molecule has 20 rings (SSSR count). The van der Waals surface area contributed by atoms with Crippen LogP contribution in [0.15, 0.2) is 282 Å². The second-order valence-corrected chi connectivity index (χ2v) is 37.6. The van der Waals surface area contributed by atoms with Crippen molar-refractivity contribution in [3.05, 3.63) is 334 Å². The number of benzene rings is 14. The maximum absolute atomic E-state index is 7.93. The lowest BCUT2D eigenvalue weighted by atomic mass is 9.78. The van der Waals surface area contributed by atoms with Crippen molar-refractivity contribution in [2.24, 2.45) is 0 Å². The fourth-order valence-corrected chi connectivity index (χ4v) is 20.3. The molecule has 550 valence electrons. The highest BCUT2D eigenvalue weighted by atomic mass is 16.3. The first-order chi connectivity index (χ1) is 53.5. The zero-order chi connectivity index (χ0) is 77.4. The van der Waals surface area contributed by atoms with Crippen LogP contribution < -0.4 is 9.80 Å². The number of hydrogen-bond acceptors (Lipinski definition) is 4. The number of para-hydroxylation sites is 3. The van der Waals surface area contributed by atoms with Gasteiger partial charge in [-0.2, -0.15) is 0 Å². The summed E-state index contributed by atoms with van der Waals surface area (Å²) in [6.07, 6.45) is 0. The maximum Gasteiger partial charge on any atom is 0.159 e. The third-order valence-electron chi connectivity index (χ3n) is 26.3. The molecule has 0 N–H and O–H groups in total. The summed E-state index contributed by atoms with van der Waals surface area (Å²) in [6, 6.07) is 104. The van der Waals surface area contributed by atoms with Crippen LogP contribution in [0.1, 0.15) is 179 Å². The second-order valence-electron chi connectivity index (χ2n) is 37.6. The molecule has 0 unspecified atom stereocenters. The quantitative estimate of drug-likeness (QED) is 0.144. The van der Waals surface area contributed by atoms with Gasteiger partial charge in [-0.25, -0.2) is 0 Å². The van der Waals surface area contributed by atoms with E-state index < -0.39 is 5.41 Å². The van der Waals surface area contributed by atoms with E-state index in [-0.39, 0.29) is 32.5 Å². The molecule has 112 heavy (non-hydrogen) atoms. The molecule has 4 heteroatoms. The number of rotatable bonds is 9. The van der Waals surface area contributed by atoms with E-state index in [0.717, 1.165) is 106 Å². The van der Waals surface area contributed by atoms with Gasteiger partial charge in [-0.1, -0.05) is 324 Å². The van der Waals surface area contributed by atoms with Crippen molar-refractivity contribution in [3.63, 3.8) is 0 Å². The summed E-state index contributed by atoms with van der Waals surface area (Å²) < 4.78 is 15.4. The molecule has 0 aliphatic heterocycles. The van der Waals surface area contributed by atoms with Gasteiger partial charge < -0.3 is 18.6 Å². The summed E-state index contributed by atoms with van der Waals surface area (Å²) in [7, 11) is 0. The van der Waals surface area contributed by atoms with Crippen LogP contribution in [0.3, 0.4) is 0 Å². The van der Waals surface area contributed by atoms with E-state index in [2.05, 4.69) is 400 Å². The van der Waals surface area contributed by atoms with Crippen LogP contribution in [0.25, 0.3) is 122 Å². The highest BCUT2D eigenvalue weighted by molar-refractivity contribution is 6.20. The molecule has 14 aromatic carbocycles. The van der Waals surface area contributed by atoms with Gasteiger partial charge in [-0.05, 0) is 211 Å². The molecule has 4 nitrogen and oxygen atoms in total. The van der Waals surface area contributed by atoms with Crippen molar-refractivity contribution in [2.75, 3.05) is 9.80 Å². The van der Waals surface area contributed by atoms with Gasteiger partial charge in [0, 0.05) is 77.1 Å². The van der Waals surface area contributed by atoms with Gasteiger partial charge in [0.15, 0.2) is 11.2 Å². The van der Waals surface area contributed by atoms with Gasteiger partial charge in [-0.15, -0.1) is 0 Å². The second kappa shape index (κ2) is 23.9. The Labute approximate surface area is 660 Å². The van der Waals surface area contributed by atoms with Gasteiger partial charge in [0.05, 0.1) is 11.4 Å². The average Bonchev–Trinajstić information content (AvgIpc) is 1.54. The molecule has 0 radical (unpaired) electrons. The molecular weight excluding hydrogens is 1360 g/mol. The van der Waals surface area contributed by atoms with Crippen molar-refractivity contribution in [2.45, 2.75) is 156 Å². The van der Waals surface area contributed by atoms with Crippen molar-refractivity contribution in [3.8, 4) is 77.9 Å². The van der Waals surface area contributed by atoms with Crippen molar-refractivity contribution >= 4 is 78.0 Å². The molecule has 2 heterocycles. The van der Waals surface area contributed by atoms with Crippen molar-refractivity contribution in [1.29, 1.82) is 0 Å². The number of fused-ring (bicyclic) bond motifs is 18. The number of anilines is 6. The third-order valence-corrected chi connectivity index (χ3v) is 26.3. The predicted molar refractivity (Wildman–Crippen MR) is 473 cm³/mol. The highest BCUT2D eigenvalue weighted by Gasteiger charge is 2.44. The van der Waals surface area contributed by atoms with Crippen LogP contribution >= 0.6 is 0 Å². The number of hydrogen-bond donors (Lipinski definition) is 0. The van der Waals surface area contributed by atoms with E-state index in [9.17, 15) is 0 Å². The van der Waals surface area contributed by atoms with Crippen molar-refractivity contribution < 1.29 is 8.83 Å². The summed E-state index contributed by atoms with van der Waals surface area (Å²) in [6.45, 7) is 40.0. The van der Waals surface area contributed by atoms with Crippen LogP contribution in [0.4, 0.5) is 34.1 Å². The molecule has 0 amide bonds. The van der Waals surface area contributed by atoms with E-state index in [1.165, 1.54) is 111 Å². The van der Waals surface area contributed by atoms with Gasteiger partial charge in [0.1, 0.15) is 11.2 Å². The molecule has 4 aliphatic rings. The minimum Gasteiger partial charge on any atom is -0.453 e. The summed E-state index contributed by atoms with van der Waals surface area (Å²) in [5, 5.41) is 4.33. The summed E-state index contributed by atoms with van der Waals surface area (Å²) >= 11 is 0. The summed E-state index contributed by atoms with van der Waals surface area (Å²) in [5.41, 5.74) is 40.0. The van der Waals surface area contributed by atoms with Gasteiger partial charge >= 0.3 is 0 Å². The number of nitrogens with zero attached hydrogens (tertiary/aromatic N) is 2. The Morgan fingerprint density at radius 2 is 0.598 bits per heavy atom. The third kappa shape index (κ3) is 10.1. The van der Waals surface area contributed by atoms with E-state index in [1.807, 2.05) is 0 Å². The van der Waals surface area contributed by atoms with E-state index in [1.54, 1.807) is 0 Å². The molecule has 0 bridgehead atoms. The molecule has 0 spiro atoms. The summed E-state index contributed by atoms with van der Waals surface area (Å²) in [4.78, 5) is 4.98. The standard InChI is InChI=1S/C108H96N2O2/c1-102(2,3)65-45-41-63(42-46-65)71-29-22-32-81-82-33-24-39-93(99(82)111-98(71)81)109(67-49-53-75-73-27-18-20-35-85(73)105(10,11)89(75)59-67)69-51-55-77-79-30-23-31-80(97(79)108(16,17)91(77)61-69)78-58-57-72(64-43-47-66(48-44-64)103(4,5)6)101-95(78)84-34-25-40-94(100(84)112-101)110(68-50-54-76-74-28-19-21-36-86(74)106(12,13)90(76)60-68)70-52-56-83-92(62-70)107(14,15)88-38-26-37-87(96(83)88)104(7,8)9/h18-62H,1-17H3. The Morgan fingerprint density at radius 1 is 0.250 bits per heavy atom. The first kappa shape index (κ1) is 69.5. The molecule has 16 aromatic rings. The zero-order valence-electron chi connectivity index (χ0n) is 67.7. The minimum atomic E-state index is -0.488. The smallest absolute Gasteiger partial charge is 0.159 e. The molecule has 0 fully saturated rings. The Bertz CT molecular complexity index is 6680. The largest absolute Gasteiger partial charge is 0.453 e. The molecule has 4 aliphatic carbocycles. The molecular formula is C108H96N2O2. The monoisotopic (exact) mass is 1450 g/mol. The van der Waals surface area contributed by atoms with Crippen LogP contribution in [0, 0.1) is 0 Å². The Morgan fingerprint density at radius 3 is 1.12 bits per heavy atom. The first-order valence-corrected chi connectivity index (χ1v) is 40.3. The SMILES string of the molecule is CC(C)(C)c1ccc(-c2cccc3c2oc2c(N(c4ccc5c(c4)C(C)(C)c4ccccc4-5)c4ccc5c(c4)C(C)(C)c4c-5cccc4-c4ccc(-c5ccc(C(C)(C)C)cc5)c5oc6c(N(c7ccc8c(c7)C(C)(C)c7ccccc7-8)c7ccc8c(c7)C(C)(C)c7cccc(C(C)(C)C)c7-8)cccc6c45)cccc23)cc1. The zero-order valence-corrected chi connectivity index (χ0v) is 67.7. The van der Waals surface area contributed by atoms with Crippen LogP contribution in [0.5, 0.6) is 0 Å². The van der Waals surface area contributed by atoms with Gasteiger partial charge in [0.25, 0.3) is 0 Å². The predicted octanol–water partition coefficient (Wildman–Crippen LogP) is 30.5. The molecule has 2 aromatic heterocycles. The van der Waals surface area contributed by atoms with Gasteiger partial charge in [0.2, 0.25) is 0 Å². The highest BCUT2D eigenvalue weighted by Crippen LogP contribution is 2.60. The summed E-state index contributed by atoms with van der Waals surface area (Å²) in [5.74, 6) is 0. The van der Waals surface area contributed by atoms with Crippen LogP contribution in [-0.4, -0.2) is 0 Å². The Balaban J connectivity index is 0.777. The van der Waals surface area contributed by atoms with Crippen LogP contribution in [0.2, 0.25) is 0 Å². The molecule has 0 saturated carbocycles. The van der Waals surface area contributed by atoms with E-state index >= 15 is 0 Å². The molecule has 0 atom stereocenters. The normalized spacial score (nSPS) is 15.1. The Kier molecular flexibility index (Phi) is 14.8. The molecule has 0 saturated heterocycles. The van der Waals surface area contributed by atoms with Gasteiger partial charge in [-0.3, -0.25) is 0 Å². The average molecular weight is 1450 g/mol. The fraction of sp³-hybridized carbons (Fsp3) is 0.222. The first-order valence-electron chi connectivity index (χ1n) is 40.3. The fourth-order valence-electron chi connectivity index (χ4n) is 20.3. The lowest BCUT2D eigenvalue weighted by Crippen LogP contribution is -2.18.